The summed E-state index contributed by atoms with van der Waals surface area (Å²) in [4.78, 5) is 11.8. The van der Waals surface area contributed by atoms with Crippen molar-refractivity contribution in [3.63, 3.8) is 0 Å². The molecule has 3 rings (SSSR count). The van der Waals surface area contributed by atoms with Gasteiger partial charge in [-0.2, -0.15) is 0 Å². The number of ketones is 1. The van der Waals surface area contributed by atoms with Gasteiger partial charge < -0.3 is 4.74 Å². The maximum atomic E-state index is 11.8. The lowest BCUT2D eigenvalue weighted by Gasteiger charge is -2.51. The van der Waals surface area contributed by atoms with Gasteiger partial charge in [-0.15, -0.1) is 0 Å². The van der Waals surface area contributed by atoms with E-state index in [0.29, 0.717) is 29.5 Å². The lowest BCUT2D eigenvalue weighted by Crippen LogP contribution is -2.63. The monoisotopic (exact) mass is 178 g/mol. The highest BCUT2D eigenvalue weighted by Gasteiger charge is 2.68. The highest BCUT2D eigenvalue weighted by atomic mass is 16.5. The van der Waals surface area contributed by atoms with Crippen molar-refractivity contribution < 1.29 is 9.53 Å². The van der Waals surface area contributed by atoms with Crippen LogP contribution in [0.3, 0.4) is 0 Å². The van der Waals surface area contributed by atoms with E-state index in [9.17, 15) is 4.79 Å². The molecule has 13 heavy (non-hydrogen) atoms. The molecule has 2 fully saturated rings. The summed E-state index contributed by atoms with van der Waals surface area (Å²) in [6.45, 7) is 1.95. The molecular formula is C11H14O2. The fourth-order valence-electron chi connectivity index (χ4n) is 3.57. The first kappa shape index (κ1) is 7.74. The summed E-state index contributed by atoms with van der Waals surface area (Å²) in [6.07, 6.45) is 5.68. The van der Waals surface area contributed by atoms with E-state index in [1.807, 2.05) is 6.92 Å². The smallest absolute Gasteiger partial charge is 0.168 e. The quantitative estimate of drug-likeness (QED) is 0.567. The zero-order valence-corrected chi connectivity index (χ0v) is 7.99. The second-order valence-corrected chi connectivity index (χ2v) is 4.68. The third-order valence-corrected chi connectivity index (χ3v) is 4.31. The van der Waals surface area contributed by atoms with Crippen LogP contribution in [0.4, 0.5) is 0 Å². The number of allylic oxidation sites excluding steroid dienone is 2. The molecule has 0 N–H and O–H groups in total. The molecule has 0 spiro atoms. The fourth-order valence-corrected chi connectivity index (χ4v) is 3.57. The molecule has 0 aliphatic heterocycles. The summed E-state index contributed by atoms with van der Waals surface area (Å²) in [5.41, 5.74) is -0.463. The molecule has 0 radical (unpaired) electrons. The summed E-state index contributed by atoms with van der Waals surface area (Å²) in [7, 11) is 1.66. The Morgan fingerprint density at radius 1 is 1.46 bits per heavy atom. The molecule has 3 aliphatic rings. The zero-order valence-electron chi connectivity index (χ0n) is 7.99. The molecule has 2 bridgehead atoms. The number of hydrogen-bond donors (Lipinski definition) is 0. The van der Waals surface area contributed by atoms with Crippen LogP contribution in [0, 0.1) is 23.7 Å². The van der Waals surface area contributed by atoms with Crippen LogP contribution in [-0.4, -0.2) is 18.5 Å². The van der Waals surface area contributed by atoms with E-state index >= 15 is 0 Å². The summed E-state index contributed by atoms with van der Waals surface area (Å²) in [5, 5.41) is 0. The van der Waals surface area contributed by atoms with Gasteiger partial charge in [0.05, 0.1) is 0 Å². The largest absolute Gasteiger partial charge is 0.370 e. The maximum Gasteiger partial charge on any atom is 0.168 e. The van der Waals surface area contributed by atoms with E-state index in [1.54, 1.807) is 7.11 Å². The highest BCUT2D eigenvalue weighted by molar-refractivity contribution is 5.97. The molecule has 0 aromatic heterocycles. The Hall–Kier alpha value is -0.630. The van der Waals surface area contributed by atoms with Gasteiger partial charge in [0.25, 0.3) is 0 Å². The van der Waals surface area contributed by atoms with Crippen LogP contribution in [0.1, 0.15) is 13.3 Å². The minimum absolute atomic E-state index is 0.292. The minimum Gasteiger partial charge on any atom is -0.370 e. The number of hydrogen-bond acceptors (Lipinski definition) is 2. The Morgan fingerprint density at radius 2 is 2.15 bits per heavy atom. The molecule has 5 atom stereocenters. The second kappa shape index (κ2) is 2.06. The van der Waals surface area contributed by atoms with Crippen LogP contribution in [0.25, 0.3) is 0 Å². The van der Waals surface area contributed by atoms with E-state index in [4.69, 9.17) is 4.74 Å². The molecule has 3 aliphatic carbocycles. The Balaban J connectivity index is 2.00. The van der Waals surface area contributed by atoms with Crippen molar-refractivity contribution in [3.05, 3.63) is 12.2 Å². The number of methoxy groups -OCH3 is 1. The van der Waals surface area contributed by atoms with Crippen molar-refractivity contribution in [2.45, 2.75) is 18.9 Å². The van der Waals surface area contributed by atoms with Crippen LogP contribution < -0.4 is 0 Å². The van der Waals surface area contributed by atoms with E-state index < -0.39 is 5.60 Å². The molecule has 1 unspecified atom stereocenters. The molecule has 0 aromatic rings. The first-order chi connectivity index (χ1) is 6.18. The van der Waals surface area contributed by atoms with Gasteiger partial charge in [-0.3, -0.25) is 4.79 Å². The number of ether oxygens (including phenoxy) is 1. The van der Waals surface area contributed by atoms with Crippen LogP contribution in [-0.2, 0) is 9.53 Å². The lowest BCUT2D eigenvalue weighted by molar-refractivity contribution is -0.180. The predicted octanol–water partition coefficient (Wildman–Crippen LogP) is 1.41. The van der Waals surface area contributed by atoms with E-state index in [1.165, 1.54) is 6.42 Å². The standard InChI is InChI=1S/C11H14O2/c1-11(13-2)9-7-4-3-6(5-7)8(9)10(11)12/h3-4,6-9H,5H2,1-2H3/t6-,7+,8-,9+,11?/m0/s1. The lowest BCUT2D eigenvalue weighted by atomic mass is 9.57. The predicted molar refractivity (Wildman–Crippen MR) is 48.1 cm³/mol. The SMILES string of the molecule is COC1(C)C(=O)[C@@H]2[C@H]1[C@@H]1C=C[C@H]2C1. The highest BCUT2D eigenvalue weighted by Crippen LogP contribution is 2.61. The second-order valence-electron chi connectivity index (χ2n) is 4.68. The molecule has 2 nitrogen and oxygen atoms in total. The summed E-state index contributed by atoms with van der Waals surface area (Å²) >= 11 is 0. The van der Waals surface area contributed by atoms with Gasteiger partial charge in [0.15, 0.2) is 5.78 Å². The van der Waals surface area contributed by atoms with Crippen molar-refractivity contribution in [1.82, 2.24) is 0 Å². The Labute approximate surface area is 78.0 Å². The molecular weight excluding hydrogens is 164 g/mol. The van der Waals surface area contributed by atoms with Gasteiger partial charge >= 0.3 is 0 Å². The minimum atomic E-state index is -0.463. The number of carbonyl (C=O) groups is 1. The van der Waals surface area contributed by atoms with Crippen molar-refractivity contribution in [2.75, 3.05) is 7.11 Å². The Kier molecular flexibility index (Phi) is 1.23. The van der Waals surface area contributed by atoms with Gasteiger partial charge in [-0.1, -0.05) is 12.2 Å². The first-order valence-corrected chi connectivity index (χ1v) is 4.96. The third kappa shape index (κ3) is 0.644. The number of Topliss-reactive ketones (excluding diaryl/α,β-unsaturated/α-hetero) is 1. The molecule has 0 aromatic carbocycles. The van der Waals surface area contributed by atoms with Crippen LogP contribution in [0.2, 0.25) is 0 Å². The van der Waals surface area contributed by atoms with E-state index in [2.05, 4.69) is 12.2 Å². The molecule has 0 heterocycles. The van der Waals surface area contributed by atoms with Gasteiger partial charge in [0.2, 0.25) is 0 Å². The molecule has 70 valence electrons. The van der Waals surface area contributed by atoms with E-state index in [-0.39, 0.29) is 0 Å². The average Bonchev–Trinajstić information content (AvgIpc) is 2.73. The third-order valence-electron chi connectivity index (χ3n) is 4.31. The summed E-state index contributed by atoms with van der Waals surface area (Å²) in [5.74, 6) is 2.24. The first-order valence-electron chi connectivity index (χ1n) is 4.96. The molecule has 0 amide bonds. The number of carbonyl (C=O) groups excluding carboxylic acids is 1. The summed E-state index contributed by atoms with van der Waals surface area (Å²) < 4.78 is 5.37. The van der Waals surface area contributed by atoms with Crippen molar-refractivity contribution in [2.24, 2.45) is 23.7 Å². The van der Waals surface area contributed by atoms with Crippen molar-refractivity contribution in [1.29, 1.82) is 0 Å². The normalized spacial score (nSPS) is 56.6. The average molecular weight is 178 g/mol. The summed E-state index contributed by atoms with van der Waals surface area (Å²) in [6, 6.07) is 0. The Bertz CT molecular complexity index is 307. The van der Waals surface area contributed by atoms with Crippen molar-refractivity contribution in [3.8, 4) is 0 Å². The van der Waals surface area contributed by atoms with Gasteiger partial charge in [-0.05, 0) is 25.2 Å². The molecule has 2 saturated carbocycles. The van der Waals surface area contributed by atoms with Crippen LogP contribution in [0.5, 0.6) is 0 Å². The van der Waals surface area contributed by atoms with Gasteiger partial charge in [-0.25, -0.2) is 0 Å². The number of fused-ring (bicyclic) bond motifs is 5. The molecule has 0 saturated heterocycles. The van der Waals surface area contributed by atoms with Crippen LogP contribution >= 0.6 is 0 Å². The van der Waals surface area contributed by atoms with E-state index in [0.717, 1.165) is 0 Å². The zero-order chi connectivity index (χ0) is 9.22. The fraction of sp³-hybridized carbons (Fsp3) is 0.727. The maximum absolute atomic E-state index is 11.8. The van der Waals surface area contributed by atoms with Gasteiger partial charge in [0, 0.05) is 18.9 Å². The number of rotatable bonds is 1. The van der Waals surface area contributed by atoms with Gasteiger partial charge in [0.1, 0.15) is 5.60 Å². The Morgan fingerprint density at radius 3 is 2.85 bits per heavy atom. The van der Waals surface area contributed by atoms with Crippen molar-refractivity contribution >= 4 is 5.78 Å². The molecule has 2 heteroatoms. The topological polar surface area (TPSA) is 26.3 Å². The van der Waals surface area contributed by atoms with Crippen LogP contribution in [0.15, 0.2) is 12.2 Å².